The van der Waals surface area contributed by atoms with E-state index < -0.39 is 0 Å². The highest BCUT2D eigenvalue weighted by molar-refractivity contribution is 5.76. The number of carbonyl (C=O) groups is 1. The normalized spacial score (nSPS) is 21.9. The van der Waals surface area contributed by atoms with Gasteiger partial charge in [-0.3, -0.25) is 4.79 Å². The molecule has 1 saturated heterocycles. The number of amides is 1. The van der Waals surface area contributed by atoms with E-state index in [1.165, 1.54) is 5.56 Å². The number of rotatable bonds is 2. The smallest absolute Gasteiger partial charge is 0.222 e. The fraction of sp³-hybridized carbons (Fsp3) is 0.462. The monoisotopic (exact) mass is 218 g/mol. The van der Waals surface area contributed by atoms with E-state index >= 15 is 0 Å². The quantitative estimate of drug-likeness (QED) is 0.818. The molecule has 0 saturated carbocycles. The predicted octanol–water partition coefficient (Wildman–Crippen LogP) is 1.53. The van der Waals surface area contributed by atoms with E-state index in [0.717, 1.165) is 19.4 Å². The summed E-state index contributed by atoms with van der Waals surface area (Å²) in [5.41, 5.74) is 7.06. The Morgan fingerprint density at radius 1 is 1.25 bits per heavy atom. The number of nitrogens with zero attached hydrogens (tertiary/aromatic N) is 1. The largest absolute Gasteiger partial charge is 0.338 e. The molecule has 2 N–H and O–H groups in total. The lowest BCUT2D eigenvalue weighted by atomic mass is 10.1. The Bertz CT molecular complexity index is 350. The minimum Gasteiger partial charge on any atom is -0.338 e. The SMILES string of the molecule is NC1CCC(=O)N(Cc2ccccc2)CC1. The van der Waals surface area contributed by atoms with Crippen LogP contribution in [0, 0.1) is 0 Å². The molecule has 3 nitrogen and oxygen atoms in total. The summed E-state index contributed by atoms with van der Waals surface area (Å²) in [5, 5.41) is 0. The van der Waals surface area contributed by atoms with Crippen LogP contribution in [0.2, 0.25) is 0 Å². The first-order valence-electron chi connectivity index (χ1n) is 5.83. The molecule has 1 aliphatic heterocycles. The van der Waals surface area contributed by atoms with Gasteiger partial charge in [-0.25, -0.2) is 0 Å². The molecule has 1 aromatic rings. The number of hydrogen-bond donors (Lipinski definition) is 1. The zero-order valence-electron chi connectivity index (χ0n) is 9.43. The van der Waals surface area contributed by atoms with Crippen LogP contribution in [0.4, 0.5) is 0 Å². The minimum atomic E-state index is 0.185. The lowest BCUT2D eigenvalue weighted by Gasteiger charge is -2.20. The molecule has 1 unspecified atom stereocenters. The molecular weight excluding hydrogens is 200 g/mol. The first kappa shape index (κ1) is 11.1. The summed E-state index contributed by atoms with van der Waals surface area (Å²) < 4.78 is 0. The molecule has 1 amide bonds. The number of benzene rings is 1. The maximum absolute atomic E-state index is 11.8. The number of hydrogen-bond acceptors (Lipinski definition) is 2. The average molecular weight is 218 g/mol. The second kappa shape index (κ2) is 5.12. The van der Waals surface area contributed by atoms with Gasteiger partial charge < -0.3 is 10.6 Å². The van der Waals surface area contributed by atoms with E-state index in [9.17, 15) is 4.79 Å². The molecule has 1 aliphatic rings. The maximum atomic E-state index is 11.8. The van der Waals surface area contributed by atoms with Gasteiger partial charge in [-0.05, 0) is 18.4 Å². The molecule has 0 aromatic heterocycles. The third-order valence-electron chi connectivity index (χ3n) is 3.07. The van der Waals surface area contributed by atoms with Crippen molar-refractivity contribution in [1.29, 1.82) is 0 Å². The fourth-order valence-electron chi connectivity index (χ4n) is 2.03. The third kappa shape index (κ3) is 2.83. The molecular formula is C13H18N2O. The lowest BCUT2D eigenvalue weighted by Crippen LogP contribution is -2.30. The second-order valence-electron chi connectivity index (χ2n) is 4.39. The molecule has 0 spiro atoms. The van der Waals surface area contributed by atoms with Gasteiger partial charge in [0.1, 0.15) is 0 Å². The number of likely N-dealkylation sites (tertiary alicyclic amines) is 1. The summed E-state index contributed by atoms with van der Waals surface area (Å²) in [7, 11) is 0. The Morgan fingerprint density at radius 2 is 2.00 bits per heavy atom. The predicted molar refractivity (Wildman–Crippen MR) is 63.7 cm³/mol. The molecule has 86 valence electrons. The van der Waals surface area contributed by atoms with Crippen molar-refractivity contribution in [3.8, 4) is 0 Å². The van der Waals surface area contributed by atoms with Crippen LogP contribution < -0.4 is 5.73 Å². The molecule has 1 atom stereocenters. The van der Waals surface area contributed by atoms with Crippen LogP contribution >= 0.6 is 0 Å². The van der Waals surface area contributed by atoms with Crippen LogP contribution in [-0.2, 0) is 11.3 Å². The Hall–Kier alpha value is -1.35. The maximum Gasteiger partial charge on any atom is 0.222 e. The van der Waals surface area contributed by atoms with E-state index in [1.54, 1.807) is 0 Å². The minimum absolute atomic E-state index is 0.185. The van der Waals surface area contributed by atoms with Crippen molar-refractivity contribution in [2.24, 2.45) is 5.73 Å². The summed E-state index contributed by atoms with van der Waals surface area (Å²) in [6, 6.07) is 10.3. The van der Waals surface area contributed by atoms with Gasteiger partial charge in [-0.15, -0.1) is 0 Å². The zero-order valence-corrected chi connectivity index (χ0v) is 9.43. The first-order valence-corrected chi connectivity index (χ1v) is 5.83. The molecule has 16 heavy (non-hydrogen) atoms. The highest BCUT2D eigenvalue weighted by atomic mass is 16.2. The number of nitrogens with two attached hydrogens (primary N) is 1. The van der Waals surface area contributed by atoms with Crippen LogP contribution in [0.1, 0.15) is 24.8 Å². The summed E-state index contributed by atoms with van der Waals surface area (Å²) in [4.78, 5) is 13.8. The molecule has 1 fully saturated rings. The highest BCUT2D eigenvalue weighted by Gasteiger charge is 2.20. The van der Waals surface area contributed by atoms with Crippen molar-refractivity contribution in [2.75, 3.05) is 6.54 Å². The van der Waals surface area contributed by atoms with Gasteiger partial charge in [0.15, 0.2) is 0 Å². The van der Waals surface area contributed by atoms with E-state index in [2.05, 4.69) is 12.1 Å². The molecule has 0 radical (unpaired) electrons. The van der Waals surface area contributed by atoms with Crippen molar-refractivity contribution in [1.82, 2.24) is 4.90 Å². The molecule has 0 aliphatic carbocycles. The zero-order chi connectivity index (χ0) is 11.4. The van der Waals surface area contributed by atoms with Gasteiger partial charge in [-0.1, -0.05) is 30.3 Å². The average Bonchev–Trinajstić information content (AvgIpc) is 2.46. The van der Waals surface area contributed by atoms with E-state index in [1.807, 2.05) is 23.1 Å². The fourth-order valence-corrected chi connectivity index (χ4v) is 2.03. The molecule has 1 aromatic carbocycles. The third-order valence-corrected chi connectivity index (χ3v) is 3.07. The topological polar surface area (TPSA) is 46.3 Å². The Balaban J connectivity index is 2.00. The van der Waals surface area contributed by atoms with Crippen LogP contribution in [-0.4, -0.2) is 23.4 Å². The van der Waals surface area contributed by atoms with Gasteiger partial charge in [0, 0.05) is 25.6 Å². The Morgan fingerprint density at radius 3 is 2.75 bits per heavy atom. The summed E-state index contributed by atoms with van der Waals surface area (Å²) in [6.07, 6.45) is 2.33. The van der Waals surface area contributed by atoms with Crippen molar-refractivity contribution >= 4 is 5.91 Å². The lowest BCUT2D eigenvalue weighted by molar-refractivity contribution is -0.131. The van der Waals surface area contributed by atoms with E-state index in [0.29, 0.717) is 13.0 Å². The van der Waals surface area contributed by atoms with Gasteiger partial charge in [0.25, 0.3) is 0 Å². The van der Waals surface area contributed by atoms with Crippen LogP contribution in [0.25, 0.3) is 0 Å². The Kier molecular flexibility index (Phi) is 3.57. The molecule has 3 heteroatoms. The van der Waals surface area contributed by atoms with Gasteiger partial charge in [-0.2, -0.15) is 0 Å². The van der Waals surface area contributed by atoms with Crippen molar-refractivity contribution in [3.63, 3.8) is 0 Å². The highest BCUT2D eigenvalue weighted by Crippen LogP contribution is 2.13. The van der Waals surface area contributed by atoms with Crippen molar-refractivity contribution in [2.45, 2.75) is 31.8 Å². The van der Waals surface area contributed by atoms with Gasteiger partial charge in [0.05, 0.1) is 0 Å². The number of carbonyl (C=O) groups excluding carboxylic acids is 1. The van der Waals surface area contributed by atoms with Crippen LogP contribution in [0.5, 0.6) is 0 Å². The Labute approximate surface area is 96.2 Å². The van der Waals surface area contributed by atoms with Crippen molar-refractivity contribution in [3.05, 3.63) is 35.9 Å². The van der Waals surface area contributed by atoms with Crippen LogP contribution in [0.3, 0.4) is 0 Å². The van der Waals surface area contributed by atoms with Crippen LogP contribution in [0.15, 0.2) is 30.3 Å². The summed E-state index contributed by atoms with van der Waals surface area (Å²) in [5.74, 6) is 0.233. The second-order valence-corrected chi connectivity index (χ2v) is 4.39. The molecule has 0 bridgehead atoms. The molecule has 2 rings (SSSR count). The van der Waals surface area contributed by atoms with Crippen molar-refractivity contribution < 1.29 is 4.79 Å². The summed E-state index contributed by atoms with van der Waals surface area (Å²) in [6.45, 7) is 1.50. The first-order chi connectivity index (χ1) is 7.75. The van der Waals surface area contributed by atoms with E-state index in [4.69, 9.17) is 5.73 Å². The van der Waals surface area contributed by atoms with E-state index in [-0.39, 0.29) is 11.9 Å². The summed E-state index contributed by atoms with van der Waals surface area (Å²) >= 11 is 0. The molecule has 1 heterocycles. The standard InChI is InChI=1S/C13H18N2O/c14-12-6-7-13(16)15(9-8-12)10-11-4-2-1-3-5-11/h1-5,12H,6-10,14H2. The van der Waals surface area contributed by atoms with Gasteiger partial charge in [0.2, 0.25) is 5.91 Å². The van der Waals surface area contributed by atoms with Gasteiger partial charge >= 0.3 is 0 Å².